The zero-order valence-electron chi connectivity index (χ0n) is 9.20. The second kappa shape index (κ2) is 5.34. The molecule has 19 heavy (non-hydrogen) atoms. The van der Waals surface area contributed by atoms with Crippen molar-refractivity contribution in [2.24, 2.45) is 0 Å². The van der Waals surface area contributed by atoms with Crippen molar-refractivity contribution in [3.05, 3.63) is 50.6 Å². The van der Waals surface area contributed by atoms with E-state index in [1.807, 2.05) is 0 Å². The molecule has 0 amide bonds. The minimum atomic E-state index is -4.73. The molecule has 2 aromatic rings. The van der Waals surface area contributed by atoms with Crippen LogP contribution < -0.4 is 4.74 Å². The highest BCUT2D eigenvalue weighted by atomic mass is 79.9. The van der Waals surface area contributed by atoms with Crippen molar-refractivity contribution < 1.29 is 22.7 Å². The van der Waals surface area contributed by atoms with Gasteiger partial charge in [-0.2, -0.15) is 11.3 Å². The smallest absolute Gasteiger partial charge is 0.406 e. The third-order valence-corrected chi connectivity index (χ3v) is 3.91. The molecule has 0 fully saturated rings. The normalized spacial score (nSPS) is 11.4. The summed E-state index contributed by atoms with van der Waals surface area (Å²) in [6.45, 7) is 0. The molecule has 2 nitrogen and oxygen atoms in total. The lowest BCUT2D eigenvalue weighted by Crippen LogP contribution is -2.17. The second-order valence-electron chi connectivity index (χ2n) is 3.53. The number of hydrogen-bond donors (Lipinski definition) is 0. The fourth-order valence-electron chi connectivity index (χ4n) is 1.41. The van der Waals surface area contributed by atoms with E-state index in [2.05, 4.69) is 20.7 Å². The van der Waals surface area contributed by atoms with E-state index in [1.165, 1.54) is 23.5 Å². The summed E-state index contributed by atoms with van der Waals surface area (Å²) in [5, 5.41) is 3.43. The summed E-state index contributed by atoms with van der Waals surface area (Å²) in [7, 11) is 0. The number of halogens is 4. The molecule has 0 aliphatic carbocycles. The molecule has 0 atom stereocenters. The molecule has 0 saturated carbocycles. The minimum Gasteiger partial charge on any atom is -0.406 e. The van der Waals surface area contributed by atoms with Gasteiger partial charge in [0, 0.05) is 26.4 Å². The Morgan fingerprint density at radius 2 is 1.79 bits per heavy atom. The number of ketones is 1. The first-order valence-electron chi connectivity index (χ1n) is 4.99. The van der Waals surface area contributed by atoms with Crippen LogP contribution in [0.1, 0.15) is 15.9 Å². The summed E-state index contributed by atoms with van der Waals surface area (Å²) < 4.78 is 40.3. The van der Waals surface area contributed by atoms with Crippen LogP contribution in [0, 0.1) is 0 Å². The largest absolute Gasteiger partial charge is 0.573 e. The summed E-state index contributed by atoms with van der Waals surface area (Å²) in [6, 6.07) is 4.82. The van der Waals surface area contributed by atoms with Crippen molar-refractivity contribution in [1.82, 2.24) is 0 Å². The summed E-state index contributed by atoms with van der Waals surface area (Å²) in [5.41, 5.74) is 0.781. The van der Waals surface area contributed by atoms with Gasteiger partial charge in [-0.05, 0) is 40.2 Å². The third kappa shape index (κ3) is 3.57. The van der Waals surface area contributed by atoms with E-state index < -0.39 is 6.36 Å². The molecule has 0 bridgehead atoms. The van der Waals surface area contributed by atoms with Gasteiger partial charge in [0.05, 0.1) is 0 Å². The number of hydrogen-bond acceptors (Lipinski definition) is 3. The molecule has 7 heteroatoms. The van der Waals surface area contributed by atoms with Gasteiger partial charge in [0.25, 0.3) is 0 Å². The first-order chi connectivity index (χ1) is 8.87. The maximum absolute atomic E-state index is 12.0. The molecule has 2 rings (SSSR count). The molecule has 0 aliphatic rings. The van der Waals surface area contributed by atoms with Crippen LogP contribution in [-0.2, 0) is 0 Å². The first-order valence-corrected chi connectivity index (χ1v) is 6.72. The number of ether oxygens (including phenoxy) is 1. The summed E-state index contributed by atoms with van der Waals surface area (Å²) in [4.78, 5) is 12.0. The zero-order chi connectivity index (χ0) is 14.0. The molecule has 0 aliphatic heterocycles. The average molecular weight is 351 g/mol. The van der Waals surface area contributed by atoms with Crippen LogP contribution in [0.5, 0.6) is 5.75 Å². The fourth-order valence-corrected chi connectivity index (χ4v) is 2.86. The maximum Gasteiger partial charge on any atom is 0.573 e. The summed E-state index contributed by atoms with van der Waals surface area (Å²) >= 11 is 4.59. The molecule has 0 saturated heterocycles. The second-order valence-corrected chi connectivity index (χ2v) is 5.13. The van der Waals surface area contributed by atoms with Gasteiger partial charge in [0.2, 0.25) is 0 Å². The lowest BCUT2D eigenvalue weighted by molar-refractivity contribution is -0.274. The monoisotopic (exact) mass is 350 g/mol. The molecular weight excluding hydrogens is 345 g/mol. The summed E-state index contributed by atoms with van der Waals surface area (Å²) in [6.07, 6.45) is -4.73. The Kier molecular flexibility index (Phi) is 3.96. The Balaban J connectivity index is 2.19. The van der Waals surface area contributed by atoms with Crippen LogP contribution in [0.25, 0.3) is 0 Å². The standard InChI is InChI=1S/C12H6BrF3O2S/c13-10-6-19-5-9(10)11(17)7-1-3-8(4-2-7)18-12(14,15)16/h1-6H. The van der Waals surface area contributed by atoms with Crippen molar-refractivity contribution in [1.29, 1.82) is 0 Å². The lowest BCUT2D eigenvalue weighted by Gasteiger charge is -2.08. The lowest BCUT2D eigenvalue weighted by atomic mass is 10.1. The SMILES string of the molecule is O=C(c1ccc(OC(F)(F)F)cc1)c1cscc1Br. The van der Waals surface area contributed by atoms with Gasteiger partial charge in [-0.3, -0.25) is 4.79 Å². The van der Waals surface area contributed by atoms with Crippen LogP contribution in [0.4, 0.5) is 13.2 Å². The van der Waals surface area contributed by atoms with E-state index in [0.717, 1.165) is 12.1 Å². The van der Waals surface area contributed by atoms with Crippen molar-refractivity contribution in [2.75, 3.05) is 0 Å². The number of alkyl halides is 3. The van der Waals surface area contributed by atoms with E-state index in [1.54, 1.807) is 10.8 Å². The molecule has 100 valence electrons. The van der Waals surface area contributed by atoms with E-state index in [0.29, 0.717) is 15.6 Å². The number of rotatable bonds is 3. The predicted molar refractivity (Wildman–Crippen MR) is 68.6 cm³/mol. The molecule has 0 N–H and O–H groups in total. The minimum absolute atomic E-state index is 0.258. The highest BCUT2D eigenvalue weighted by molar-refractivity contribution is 9.10. The average Bonchev–Trinajstić information content (AvgIpc) is 2.73. The third-order valence-electron chi connectivity index (χ3n) is 2.21. The Morgan fingerprint density at radius 1 is 1.16 bits per heavy atom. The van der Waals surface area contributed by atoms with Gasteiger partial charge in [0.1, 0.15) is 5.75 Å². The van der Waals surface area contributed by atoms with Gasteiger partial charge >= 0.3 is 6.36 Å². The molecular formula is C12H6BrF3O2S. The number of thiophene rings is 1. The number of carbonyl (C=O) groups excluding carboxylic acids is 1. The number of carbonyl (C=O) groups is 1. The highest BCUT2D eigenvalue weighted by Gasteiger charge is 2.31. The topological polar surface area (TPSA) is 26.3 Å². The van der Waals surface area contributed by atoms with E-state index in [-0.39, 0.29) is 11.5 Å². The molecule has 0 radical (unpaired) electrons. The van der Waals surface area contributed by atoms with Gasteiger partial charge in [0.15, 0.2) is 5.78 Å². The first kappa shape index (κ1) is 14.1. The Hall–Kier alpha value is -1.34. The van der Waals surface area contributed by atoms with Crippen molar-refractivity contribution in [3.63, 3.8) is 0 Å². The fraction of sp³-hybridized carbons (Fsp3) is 0.0833. The Labute approximate surface area is 118 Å². The van der Waals surface area contributed by atoms with E-state index >= 15 is 0 Å². The number of benzene rings is 1. The van der Waals surface area contributed by atoms with E-state index in [9.17, 15) is 18.0 Å². The highest BCUT2D eigenvalue weighted by Crippen LogP contribution is 2.26. The van der Waals surface area contributed by atoms with Gasteiger partial charge in [-0.25, -0.2) is 0 Å². The zero-order valence-corrected chi connectivity index (χ0v) is 11.6. The Morgan fingerprint density at radius 3 is 2.26 bits per heavy atom. The van der Waals surface area contributed by atoms with Crippen LogP contribution >= 0.6 is 27.3 Å². The Bertz CT molecular complexity index is 590. The van der Waals surface area contributed by atoms with Crippen LogP contribution in [0.3, 0.4) is 0 Å². The summed E-state index contributed by atoms with van der Waals surface area (Å²) in [5.74, 6) is -0.611. The van der Waals surface area contributed by atoms with Crippen molar-refractivity contribution >= 4 is 33.0 Å². The van der Waals surface area contributed by atoms with Gasteiger partial charge < -0.3 is 4.74 Å². The molecule has 0 spiro atoms. The predicted octanol–water partition coefficient (Wildman–Crippen LogP) is 4.64. The molecule has 1 aromatic heterocycles. The van der Waals surface area contributed by atoms with Crippen LogP contribution in [-0.4, -0.2) is 12.1 Å². The van der Waals surface area contributed by atoms with Gasteiger partial charge in [-0.15, -0.1) is 13.2 Å². The van der Waals surface area contributed by atoms with Gasteiger partial charge in [-0.1, -0.05) is 0 Å². The molecule has 0 unspecified atom stereocenters. The molecule has 1 heterocycles. The van der Waals surface area contributed by atoms with Crippen molar-refractivity contribution in [2.45, 2.75) is 6.36 Å². The van der Waals surface area contributed by atoms with Crippen LogP contribution in [0.2, 0.25) is 0 Å². The van der Waals surface area contributed by atoms with Crippen LogP contribution in [0.15, 0.2) is 39.5 Å². The van der Waals surface area contributed by atoms with E-state index in [4.69, 9.17) is 0 Å². The van der Waals surface area contributed by atoms with Crippen molar-refractivity contribution in [3.8, 4) is 5.75 Å². The molecule has 1 aromatic carbocycles. The quantitative estimate of drug-likeness (QED) is 0.753. The maximum atomic E-state index is 12.0.